The third-order valence-electron chi connectivity index (χ3n) is 2.06. The van der Waals surface area contributed by atoms with Gasteiger partial charge in [-0.25, -0.2) is 4.98 Å². The zero-order valence-corrected chi connectivity index (χ0v) is 10.3. The molecule has 0 fully saturated rings. The molecular formula is C12H12BrNO. The molecule has 0 unspecified atom stereocenters. The van der Waals surface area contributed by atoms with E-state index in [-0.39, 0.29) is 6.10 Å². The monoisotopic (exact) mass is 265 g/mol. The third-order valence-corrected chi connectivity index (χ3v) is 2.69. The first-order chi connectivity index (χ1) is 7.18. The normalized spacial score (nSPS) is 10.9. The summed E-state index contributed by atoms with van der Waals surface area (Å²) in [5, 5.41) is 2.17. The van der Waals surface area contributed by atoms with E-state index < -0.39 is 0 Å². The predicted octanol–water partition coefficient (Wildman–Crippen LogP) is 3.78. The van der Waals surface area contributed by atoms with Crippen molar-refractivity contribution >= 4 is 26.7 Å². The van der Waals surface area contributed by atoms with Gasteiger partial charge in [-0.05, 0) is 35.8 Å². The van der Waals surface area contributed by atoms with Crippen molar-refractivity contribution in [1.29, 1.82) is 0 Å². The highest BCUT2D eigenvalue weighted by Crippen LogP contribution is 2.29. The molecule has 0 aliphatic heterocycles. The first-order valence-corrected chi connectivity index (χ1v) is 5.67. The van der Waals surface area contributed by atoms with Crippen LogP contribution in [-0.4, -0.2) is 11.1 Å². The van der Waals surface area contributed by atoms with Gasteiger partial charge in [-0.15, -0.1) is 0 Å². The van der Waals surface area contributed by atoms with Crippen LogP contribution in [0.25, 0.3) is 10.8 Å². The molecule has 0 aliphatic rings. The van der Waals surface area contributed by atoms with E-state index in [0.717, 1.165) is 15.2 Å². The number of rotatable bonds is 2. The fourth-order valence-electron chi connectivity index (χ4n) is 1.45. The van der Waals surface area contributed by atoms with Crippen molar-refractivity contribution in [3.05, 3.63) is 34.9 Å². The Morgan fingerprint density at radius 2 is 1.87 bits per heavy atom. The van der Waals surface area contributed by atoms with E-state index in [4.69, 9.17) is 4.74 Å². The minimum absolute atomic E-state index is 0.141. The largest absolute Gasteiger partial charge is 0.475 e. The molecule has 0 radical (unpaired) electrons. The number of ether oxygens (including phenoxy) is 1. The van der Waals surface area contributed by atoms with Crippen LogP contribution in [0.3, 0.4) is 0 Å². The van der Waals surface area contributed by atoms with Crippen LogP contribution in [0.2, 0.25) is 0 Å². The van der Waals surface area contributed by atoms with Crippen LogP contribution in [0.1, 0.15) is 13.8 Å². The highest BCUT2D eigenvalue weighted by atomic mass is 79.9. The fourth-order valence-corrected chi connectivity index (χ4v) is 1.90. The molecule has 2 rings (SSSR count). The van der Waals surface area contributed by atoms with Gasteiger partial charge in [-0.1, -0.05) is 18.2 Å². The van der Waals surface area contributed by atoms with Gasteiger partial charge in [0.15, 0.2) is 0 Å². The number of aromatic nitrogens is 1. The Hall–Kier alpha value is -1.09. The SMILES string of the molecule is CC(C)Oc1ncc(Br)c2ccccc12. The van der Waals surface area contributed by atoms with Gasteiger partial charge in [0, 0.05) is 21.4 Å². The second-order valence-corrected chi connectivity index (χ2v) is 4.48. The lowest BCUT2D eigenvalue weighted by molar-refractivity contribution is 0.236. The van der Waals surface area contributed by atoms with Gasteiger partial charge in [0.25, 0.3) is 0 Å². The minimum atomic E-state index is 0.141. The maximum atomic E-state index is 5.65. The van der Waals surface area contributed by atoms with Crippen molar-refractivity contribution in [3.8, 4) is 5.88 Å². The zero-order valence-electron chi connectivity index (χ0n) is 8.70. The quantitative estimate of drug-likeness (QED) is 0.825. The second-order valence-electron chi connectivity index (χ2n) is 3.62. The number of hydrogen-bond acceptors (Lipinski definition) is 2. The van der Waals surface area contributed by atoms with E-state index in [1.807, 2.05) is 38.1 Å². The van der Waals surface area contributed by atoms with Crippen LogP contribution in [-0.2, 0) is 0 Å². The van der Waals surface area contributed by atoms with Gasteiger partial charge in [0.05, 0.1) is 6.10 Å². The Labute approximate surface area is 97.4 Å². The Morgan fingerprint density at radius 1 is 1.20 bits per heavy atom. The molecule has 0 N–H and O–H groups in total. The van der Waals surface area contributed by atoms with Gasteiger partial charge >= 0.3 is 0 Å². The predicted molar refractivity (Wildman–Crippen MR) is 65.2 cm³/mol. The van der Waals surface area contributed by atoms with Gasteiger partial charge in [0.1, 0.15) is 0 Å². The molecule has 2 aromatic rings. The molecule has 3 heteroatoms. The van der Waals surface area contributed by atoms with Crippen LogP contribution in [0.15, 0.2) is 34.9 Å². The van der Waals surface area contributed by atoms with Gasteiger partial charge < -0.3 is 4.74 Å². The Morgan fingerprint density at radius 3 is 2.53 bits per heavy atom. The Kier molecular flexibility index (Phi) is 2.91. The van der Waals surface area contributed by atoms with Crippen molar-refractivity contribution in [3.63, 3.8) is 0 Å². The lowest BCUT2D eigenvalue weighted by atomic mass is 10.2. The summed E-state index contributed by atoms with van der Waals surface area (Å²) < 4.78 is 6.65. The summed E-state index contributed by atoms with van der Waals surface area (Å²) in [6, 6.07) is 8.06. The molecule has 0 aliphatic carbocycles. The highest BCUT2D eigenvalue weighted by Gasteiger charge is 2.07. The number of hydrogen-bond donors (Lipinski definition) is 0. The van der Waals surface area contributed by atoms with Gasteiger partial charge in [0.2, 0.25) is 5.88 Å². The molecule has 1 aromatic heterocycles. The lowest BCUT2D eigenvalue weighted by Crippen LogP contribution is -2.07. The van der Waals surface area contributed by atoms with E-state index in [9.17, 15) is 0 Å². The number of benzene rings is 1. The van der Waals surface area contributed by atoms with E-state index in [1.54, 1.807) is 6.20 Å². The molecule has 0 spiro atoms. The van der Waals surface area contributed by atoms with Crippen LogP contribution < -0.4 is 4.74 Å². The minimum Gasteiger partial charge on any atom is -0.475 e. The smallest absolute Gasteiger partial charge is 0.221 e. The topological polar surface area (TPSA) is 22.1 Å². The number of pyridine rings is 1. The molecule has 1 aromatic carbocycles. The van der Waals surface area contributed by atoms with Crippen LogP contribution in [0.5, 0.6) is 5.88 Å². The van der Waals surface area contributed by atoms with Crippen molar-refractivity contribution in [2.24, 2.45) is 0 Å². The molecule has 0 saturated carbocycles. The Balaban J connectivity index is 2.61. The van der Waals surface area contributed by atoms with E-state index in [1.165, 1.54) is 0 Å². The number of halogens is 1. The average Bonchev–Trinajstić information content (AvgIpc) is 2.22. The molecule has 1 heterocycles. The van der Waals surface area contributed by atoms with Crippen molar-refractivity contribution < 1.29 is 4.74 Å². The summed E-state index contributed by atoms with van der Waals surface area (Å²) in [6.45, 7) is 4.00. The van der Waals surface area contributed by atoms with Gasteiger partial charge in [-0.2, -0.15) is 0 Å². The first kappa shape index (κ1) is 10.4. The third kappa shape index (κ3) is 2.12. The molecule has 15 heavy (non-hydrogen) atoms. The highest BCUT2D eigenvalue weighted by molar-refractivity contribution is 9.10. The maximum absolute atomic E-state index is 5.65. The Bertz CT molecular complexity index is 482. The van der Waals surface area contributed by atoms with E-state index in [2.05, 4.69) is 20.9 Å². The molecule has 0 bridgehead atoms. The summed E-state index contributed by atoms with van der Waals surface area (Å²) in [5.41, 5.74) is 0. The lowest BCUT2D eigenvalue weighted by Gasteiger charge is -2.11. The molecule has 2 nitrogen and oxygen atoms in total. The first-order valence-electron chi connectivity index (χ1n) is 4.88. The molecule has 0 amide bonds. The van der Waals surface area contributed by atoms with Crippen LogP contribution >= 0.6 is 15.9 Å². The molecular weight excluding hydrogens is 254 g/mol. The summed E-state index contributed by atoms with van der Waals surface area (Å²) >= 11 is 3.48. The summed E-state index contributed by atoms with van der Waals surface area (Å²) in [6.07, 6.45) is 1.92. The average molecular weight is 266 g/mol. The van der Waals surface area contributed by atoms with Crippen molar-refractivity contribution in [2.75, 3.05) is 0 Å². The van der Waals surface area contributed by atoms with E-state index in [0.29, 0.717) is 5.88 Å². The van der Waals surface area contributed by atoms with Gasteiger partial charge in [-0.3, -0.25) is 0 Å². The fraction of sp³-hybridized carbons (Fsp3) is 0.250. The van der Waals surface area contributed by atoms with E-state index >= 15 is 0 Å². The van der Waals surface area contributed by atoms with Crippen molar-refractivity contribution in [2.45, 2.75) is 20.0 Å². The summed E-state index contributed by atoms with van der Waals surface area (Å²) in [7, 11) is 0. The van der Waals surface area contributed by atoms with Crippen LogP contribution in [0, 0.1) is 0 Å². The summed E-state index contributed by atoms with van der Waals surface area (Å²) in [4.78, 5) is 4.28. The summed E-state index contributed by atoms with van der Waals surface area (Å²) in [5.74, 6) is 0.698. The molecule has 0 saturated heterocycles. The van der Waals surface area contributed by atoms with Crippen molar-refractivity contribution in [1.82, 2.24) is 4.98 Å². The maximum Gasteiger partial charge on any atom is 0.221 e. The molecule has 0 atom stereocenters. The standard InChI is InChI=1S/C12H12BrNO/c1-8(2)15-12-10-6-4-3-5-9(10)11(13)7-14-12/h3-8H,1-2H3. The number of nitrogens with zero attached hydrogens (tertiary/aromatic N) is 1. The molecule has 78 valence electrons. The zero-order chi connectivity index (χ0) is 10.8. The number of fused-ring (bicyclic) bond motifs is 1. The second kappa shape index (κ2) is 4.19. The van der Waals surface area contributed by atoms with Crippen LogP contribution in [0.4, 0.5) is 0 Å².